The highest BCUT2D eigenvalue weighted by Gasteiger charge is 2.07. The standard InChI is InChI=1S/C21H19ClN2O3/c1-14-4-3-5-15(2)21(14)26-13-20(25)24-23-12-18-10-11-19(27-18)16-6-8-17(22)9-7-16/h3-12H,13H2,1-2H3,(H,24,25)/b23-12+. The number of nitrogens with zero attached hydrogens (tertiary/aromatic N) is 1. The molecule has 27 heavy (non-hydrogen) atoms. The third-order valence-electron chi connectivity index (χ3n) is 3.89. The number of rotatable bonds is 6. The van der Waals surface area contributed by atoms with E-state index in [0.29, 0.717) is 16.5 Å². The molecule has 5 nitrogen and oxygen atoms in total. The van der Waals surface area contributed by atoms with Crippen LogP contribution in [0, 0.1) is 13.8 Å². The average molecular weight is 383 g/mol. The van der Waals surface area contributed by atoms with Gasteiger partial charge in [-0.05, 0) is 61.4 Å². The number of ether oxygens (including phenoxy) is 1. The smallest absolute Gasteiger partial charge is 0.277 e. The molecular formula is C21H19ClN2O3. The van der Waals surface area contributed by atoms with Gasteiger partial charge in [0.25, 0.3) is 5.91 Å². The molecule has 1 aromatic heterocycles. The fraction of sp³-hybridized carbons (Fsp3) is 0.143. The Labute approximate surface area is 162 Å². The van der Waals surface area contributed by atoms with Crippen LogP contribution in [-0.2, 0) is 4.79 Å². The first-order valence-electron chi connectivity index (χ1n) is 8.39. The monoisotopic (exact) mass is 382 g/mol. The summed E-state index contributed by atoms with van der Waals surface area (Å²) in [7, 11) is 0. The van der Waals surface area contributed by atoms with E-state index in [1.807, 2.05) is 50.2 Å². The van der Waals surface area contributed by atoms with Gasteiger partial charge in [0.15, 0.2) is 6.61 Å². The molecule has 0 unspecified atom stereocenters. The zero-order valence-electron chi connectivity index (χ0n) is 15.0. The summed E-state index contributed by atoms with van der Waals surface area (Å²) in [5.74, 6) is 1.59. The lowest BCUT2D eigenvalue weighted by atomic mass is 10.1. The number of nitrogens with one attached hydrogen (secondary N) is 1. The molecule has 2 aromatic carbocycles. The van der Waals surface area contributed by atoms with Gasteiger partial charge in [0.1, 0.15) is 17.3 Å². The van der Waals surface area contributed by atoms with E-state index in [1.165, 1.54) is 6.21 Å². The number of hydrazone groups is 1. The van der Waals surface area contributed by atoms with Crippen molar-refractivity contribution in [1.82, 2.24) is 5.43 Å². The second-order valence-electron chi connectivity index (χ2n) is 6.01. The zero-order valence-corrected chi connectivity index (χ0v) is 15.8. The van der Waals surface area contributed by atoms with Crippen LogP contribution in [0.25, 0.3) is 11.3 Å². The normalized spacial score (nSPS) is 10.9. The van der Waals surface area contributed by atoms with E-state index >= 15 is 0 Å². The molecule has 0 aliphatic rings. The summed E-state index contributed by atoms with van der Waals surface area (Å²) in [5, 5.41) is 4.57. The molecule has 0 atom stereocenters. The van der Waals surface area contributed by atoms with Crippen LogP contribution >= 0.6 is 11.6 Å². The maximum Gasteiger partial charge on any atom is 0.277 e. The molecule has 0 fully saturated rings. The quantitative estimate of drug-likeness (QED) is 0.494. The molecule has 0 bridgehead atoms. The molecule has 1 heterocycles. The largest absolute Gasteiger partial charge is 0.483 e. The first-order valence-corrected chi connectivity index (χ1v) is 8.77. The molecule has 1 N–H and O–H groups in total. The lowest BCUT2D eigenvalue weighted by molar-refractivity contribution is -0.123. The Morgan fingerprint density at radius 2 is 1.81 bits per heavy atom. The SMILES string of the molecule is Cc1cccc(C)c1OCC(=O)N/N=C/c1ccc(-c2ccc(Cl)cc2)o1. The maximum atomic E-state index is 11.9. The molecule has 0 aliphatic heterocycles. The van der Waals surface area contributed by atoms with Gasteiger partial charge in [-0.2, -0.15) is 5.10 Å². The number of amides is 1. The Balaban J connectivity index is 1.53. The van der Waals surface area contributed by atoms with E-state index < -0.39 is 0 Å². The van der Waals surface area contributed by atoms with Gasteiger partial charge in [0.05, 0.1) is 6.21 Å². The topological polar surface area (TPSA) is 63.8 Å². The minimum Gasteiger partial charge on any atom is -0.483 e. The van der Waals surface area contributed by atoms with Gasteiger partial charge in [-0.1, -0.05) is 29.8 Å². The summed E-state index contributed by atoms with van der Waals surface area (Å²) in [6, 6.07) is 16.8. The highest BCUT2D eigenvalue weighted by atomic mass is 35.5. The zero-order chi connectivity index (χ0) is 19.2. The minimum atomic E-state index is -0.349. The second-order valence-corrected chi connectivity index (χ2v) is 6.45. The number of carbonyl (C=O) groups excluding carboxylic acids is 1. The minimum absolute atomic E-state index is 0.114. The summed E-state index contributed by atoms with van der Waals surface area (Å²) >= 11 is 5.88. The summed E-state index contributed by atoms with van der Waals surface area (Å²) < 4.78 is 11.3. The number of carbonyl (C=O) groups is 1. The van der Waals surface area contributed by atoms with Gasteiger partial charge in [-0.25, -0.2) is 5.43 Å². The number of hydrogen-bond acceptors (Lipinski definition) is 4. The van der Waals surface area contributed by atoms with E-state index in [4.69, 9.17) is 20.8 Å². The van der Waals surface area contributed by atoms with Gasteiger partial charge in [0.2, 0.25) is 0 Å². The molecule has 0 saturated carbocycles. The van der Waals surface area contributed by atoms with Crippen LogP contribution < -0.4 is 10.2 Å². The van der Waals surface area contributed by atoms with Crippen LogP contribution in [0.4, 0.5) is 0 Å². The van der Waals surface area contributed by atoms with Crippen LogP contribution in [0.5, 0.6) is 5.75 Å². The average Bonchev–Trinajstić information content (AvgIpc) is 3.11. The number of hydrogen-bond donors (Lipinski definition) is 1. The lowest BCUT2D eigenvalue weighted by Gasteiger charge is -2.10. The predicted molar refractivity (Wildman–Crippen MR) is 106 cm³/mol. The van der Waals surface area contributed by atoms with Crippen LogP contribution in [0.3, 0.4) is 0 Å². The van der Waals surface area contributed by atoms with E-state index in [9.17, 15) is 4.79 Å². The predicted octanol–water partition coefficient (Wildman–Crippen LogP) is 4.75. The van der Waals surface area contributed by atoms with Crippen LogP contribution in [0.15, 0.2) is 64.1 Å². The van der Waals surface area contributed by atoms with Gasteiger partial charge in [-0.3, -0.25) is 4.79 Å². The van der Waals surface area contributed by atoms with Crippen LogP contribution in [-0.4, -0.2) is 18.7 Å². The van der Waals surface area contributed by atoms with E-state index in [2.05, 4.69) is 10.5 Å². The Morgan fingerprint density at radius 3 is 2.52 bits per heavy atom. The maximum absolute atomic E-state index is 11.9. The van der Waals surface area contributed by atoms with Crippen molar-refractivity contribution in [3.05, 3.63) is 76.5 Å². The van der Waals surface area contributed by atoms with Gasteiger partial charge >= 0.3 is 0 Å². The Hall–Kier alpha value is -3.05. The summed E-state index contributed by atoms with van der Waals surface area (Å²) in [6.07, 6.45) is 1.44. The Bertz CT molecular complexity index is 942. The Morgan fingerprint density at radius 1 is 1.11 bits per heavy atom. The molecule has 138 valence electrons. The van der Waals surface area contributed by atoms with Crippen LogP contribution in [0.1, 0.15) is 16.9 Å². The van der Waals surface area contributed by atoms with Crippen molar-refractivity contribution in [2.45, 2.75) is 13.8 Å². The third-order valence-corrected chi connectivity index (χ3v) is 4.14. The molecule has 3 aromatic rings. The molecule has 0 radical (unpaired) electrons. The second kappa shape index (κ2) is 8.56. The molecule has 6 heteroatoms. The van der Waals surface area contributed by atoms with Crippen molar-refractivity contribution in [2.75, 3.05) is 6.61 Å². The van der Waals surface area contributed by atoms with Crippen molar-refractivity contribution in [1.29, 1.82) is 0 Å². The first-order chi connectivity index (χ1) is 13.0. The highest BCUT2D eigenvalue weighted by molar-refractivity contribution is 6.30. The summed E-state index contributed by atoms with van der Waals surface area (Å²) in [6.45, 7) is 3.76. The van der Waals surface area contributed by atoms with E-state index in [-0.39, 0.29) is 12.5 Å². The van der Waals surface area contributed by atoms with Gasteiger partial charge in [0, 0.05) is 10.6 Å². The highest BCUT2D eigenvalue weighted by Crippen LogP contribution is 2.23. The Kier molecular flexibility index (Phi) is 5.94. The van der Waals surface area contributed by atoms with Crippen LogP contribution in [0.2, 0.25) is 5.02 Å². The summed E-state index contributed by atoms with van der Waals surface area (Å²) in [4.78, 5) is 11.9. The summed E-state index contributed by atoms with van der Waals surface area (Å²) in [5.41, 5.74) is 5.30. The van der Waals surface area contributed by atoms with Crippen molar-refractivity contribution in [2.24, 2.45) is 5.10 Å². The molecule has 0 saturated heterocycles. The third kappa shape index (κ3) is 4.99. The first kappa shape index (κ1) is 18.7. The number of furan rings is 1. The lowest BCUT2D eigenvalue weighted by Crippen LogP contribution is -2.24. The fourth-order valence-electron chi connectivity index (χ4n) is 2.56. The number of halogens is 1. The van der Waals surface area contributed by atoms with Gasteiger partial charge < -0.3 is 9.15 Å². The molecule has 1 amide bonds. The van der Waals surface area contributed by atoms with Gasteiger partial charge in [-0.15, -0.1) is 0 Å². The van der Waals surface area contributed by atoms with Crippen molar-refractivity contribution in [3.63, 3.8) is 0 Å². The molecule has 3 rings (SSSR count). The molecule has 0 aliphatic carbocycles. The van der Waals surface area contributed by atoms with Crippen molar-refractivity contribution >= 4 is 23.7 Å². The number of para-hydroxylation sites is 1. The van der Waals surface area contributed by atoms with Crippen molar-refractivity contribution in [3.8, 4) is 17.1 Å². The van der Waals surface area contributed by atoms with E-state index in [1.54, 1.807) is 18.2 Å². The molecular weight excluding hydrogens is 364 g/mol. The van der Waals surface area contributed by atoms with E-state index in [0.717, 1.165) is 22.4 Å². The number of benzene rings is 2. The fourth-order valence-corrected chi connectivity index (χ4v) is 2.68. The molecule has 0 spiro atoms. The van der Waals surface area contributed by atoms with Crippen molar-refractivity contribution < 1.29 is 13.9 Å². The number of aryl methyl sites for hydroxylation is 2.